The molecule has 0 unspecified atom stereocenters. The largest absolute Gasteiger partial charge is 0.493 e. The van der Waals surface area contributed by atoms with Crippen molar-refractivity contribution in [2.24, 2.45) is 0 Å². The summed E-state index contributed by atoms with van der Waals surface area (Å²) >= 11 is 0. The van der Waals surface area contributed by atoms with E-state index in [9.17, 15) is 4.79 Å². The molecule has 0 radical (unpaired) electrons. The van der Waals surface area contributed by atoms with Gasteiger partial charge in [0.05, 0.1) is 32.0 Å². The molecule has 0 aliphatic carbocycles. The van der Waals surface area contributed by atoms with E-state index in [1.807, 2.05) is 32.9 Å². The Labute approximate surface area is 150 Å². The molecule has 140 valence electrons. The fourth-order valence-corrected chi connectivity index (χ4v) is 2.08. The average molecular weight is 350 g/mol. The van der Waals surface area contributed by atoms with Gasteiger partial charge in [-0.3, -0.25) is 0 Å². The van der Waals surface area contributed by atoms with Crippen LogP contribution in [0.5, 0.6) is 17.2 Å². The number of carbonyl (C=O) groups is 1. The topological polar surface area (TPSA) is 54.0 Å². The summed E-state index contributed by atoms with van der Waals surface area (Å²) in [5, 5.41) is 0. The lowest BCUT2D eigenvalue weighted by atomic mass is 10.1. The molecule has 0 fully saturated rings. The first-order valence-electron chi connectivity index (χ1n) is 9.08. The van der Waals surface area contributed by atoms with E-state index in [1.54, 1.807) is 13.0 Å². The molecule has 0 aromatic heterocycles. The van der Waals surface area contributed by atoms with E-state index in [2.05, 4.69) is 0 Å². The standard InChI is InChI=1S/C20H30O5/c1-5-13-23-17-10-11-18(24-14-6-2)20(25-15-7-3)16(17)9-12-19(21)22-8-4/h9-12H,5-8,13-15H2,1-4H3. The smallest absolute Gasteiger partial charge is 0.330 e. The minimum absolute atomic E-state index is 0.335. The SMILES string of the molecule is CCCOc1ccc(OCCC)c(OCCC)c1C=CC(=O)OCC. The Kier molecular flexibility index (Phi) is 10.2. The van der Waals surface area contributed by atoms with Gasteiger partial charge in [0.2, 0.25) is 0 Å². The number of benzene rings is 1. The molecule has 1 aromatic rings. The summed E-state index contributed by atoms with van der Waals surface area (Å²) in [6, 6.07) is 3.71. The second-order valence-electron chi connectivity index (χ2n) is 5.44. The van der Waals surface area contributed by atoms with Gasteiger partial charge in [0.15, 0.2) is 11.5 Å². The van der Waals surface area contributed by atoms with Crippen LogP contribution in [0.4, 0.5) is 0 Å². The van der Waals surface area contributed by atoms with E-state index in [4.69, 9.17) is 18.9 Å². The van der Waals surface area contributed by atoms with Crippen molar-refractivity contribution in [2.75, 3.05) is 26.4 Å². The van der Waals surface area contributed by atoms with Gasteiger partial charge < -0.3 is 18.9 Å². The molecule has 1 aromatic carbocycles. The molecule has 25 heavy (non-hydrogen) atoms. The third-order valence-corrected chi connectivity index (χ3v) is 3.17. The van der Waals surface area contributed by atoms with Crippen molar-refractivity contribution in [1.82, 2.24) is 0 Å². The summed E-state index contributed by atoms with van der Waals surface area (Å²) in [6.07, 6.45) is 5.72. The van der Waals surface area contributed by atoms with Gasteiger partial charge in [0.1, 0.15) is 5.75 Å². The molecule has 0 N–H and O–H groups in total. The summed E-state index contributed by atoms with van der Waals surface area (Å²) in [6.45, 7) is 9.98. The van der Waals surface area contributed by atoms with Gasteiger partial charge >= 0.3 is 5.97 Å². The molecule has 0 aliphatic rings. The maximum Gasteiger partial charge on any atom is 0.330 e. The highest BCUT2D eigenvalue weighted by atomic mass is 16.5. The second-order valence-corrected chi connectivity index (χ2v) is 5.44. The van der Waals surface area contributed by atoms with E-state index in [0.717, 1.165) is 19.3 Å². The molecule has 0 saturated heterocycles. The molecule has 0 spiro atoms. The van der Waals surface area contributed by atoms with Crippen LogP contribution in [0.15, 0.2) is 18.2 Å². The van der Waals surface area contributed by atoms with Crippen molar-refractivity contribution in [3.8, 4) is 17.2 Å². The number of esters is 1. The molecule has 1 rings (SSSR count). The summed E-state index contributed by atoms with van der Waals surface area (Å²) in [5.74, 6) is 1.52. The van der Waals surface area contributed by atoms with Gasteiger partial charge in [0, 0.05) is 6.08 Å². The average Bonchev–Trinajstić information content (AvgIpc) is 2.62. The molecule has 5 nitrogen and oxygen atoms in total. The van der Waals surface area contributed by atoms with Gasteiger partial charge in [-0.1, -0.05) is 20.8 Å². The third-order valence-electron chi connectivity index (χ3n) is 3.17. The first-order chi connectivity index (χ1) is 12.2. The predicted octanol–water partition coefficient (Wildman–Crippen LogP) is 4.63. The summed E-state index contributed by atoms with van der Waals surface area (Å²) in [4.78, 5) is 11.7. The van der Waals surface area contributed by atoms with Crippen molar-refractivity contribution in [2.45, 2.75) is 47.0 Å². The van der Waals surface area contributed by atoms with Gasteiger partial charge in [-0.05, 0) is 44.4 Å². The molecule has 0 atom stereocenters. The second kappa shape index (κ2) is 12.2. The Morgan fingerprint density at radius 3 is 2.04 bits per heavy atom. The van der Waals surface area contributed by atoms with Crippen LogP contribution >= 0.6 is 0 Å². The molecular formula is C20H30O5. The lowest BCUT2D eigenvalue weighted by molar-refractivity contribution is -0.137. The van der Waals surface area contributed by atoms with Gasteiger partial charge in [-0.2, -0.15) is 0 Å². The first-order valence-corrected chi connectivity index (χ1v) is 9.08. The van der Waals surface area contributed by atoms with Crippen LogP contribution in [0.25, 0.3) is 6.08 Å². The van der Waals surface area contributed by atoms with E-state index < -0.39 is 5.97 Å². The number of hydrogen-bond acceptors (Lipinski definition) is 5. The summed E-state index contributed by atoms with van der Waals surface area (Å²) in [5.41, 5.74) is 0.698. The van der Waals surface area contributed by atoms with Gasteiger partial charge in [-0.15, -0.1) is 0 Å². The van der Waals surface area contributed by atoms with Crippen LogP contribution in [-0.2, 0) is 9.53 Å². The van der Waals surface area contributed by atoms with Gasteiger partial charge in [0.25, 0.3) is 0 Å². The van der Waals surface area contributed by atoms with E-state index >= 15 is 0 Å². The van der Waals surface area contributed by atoms with Gasteiger partial charge in [-0.25, -0.2) is 4.79 Å². The zero-order chi connectivity index (χ0) is 18.5. The highest BCUT2D eigenvalue weighted by Crippen LogP contribution is 2.39. The van der Waals surface area contributed by atoms with Crippen molar-refractivity contribution < 1.29 is 23.7 Å². The Bertz CT molecular complexity index is 551. The van der Waals surface area contributed by atoms with E-state index in [-0.39, 0.29) is 0 Å². The fraction of sp³-hybridized carbons (Fsp3) is 0.550. The Balaban J connectivity index is 3.26. The molecule has 0 heterocycles. The number of carbonyl (C=O) groups excluding carboxylic acids is 1. The monoisotopic (exact) mass is 350 g/mol. The zero-order valence-corrected chi connectivity index (χ0v) is 15.8. The summed E-state index contributed by atoms with van der Waals surface area (Å²) in [7, 11) is 0. The first kappa shape index (κ1) is 20.9. The summed E-state index contributed by atoms with van der Waals surface area (Å²) < 4.78 is 22.5. The Morgan fingerprint density at radius 1 is 0.880 bits per heavy atom. The zero-order valence-electron chi connectivity index (χ0n) is 15.8. The predicted molar refractivity (Wildman–Crippen MR) is 99.5 cm³/mol. The maximum absolute atomic E-state index is 11.7. The number of hydrogen-bond donors (Lipinski definition) is 0. The lowest BCUT2D eigenvalue weighted by Crippen LogP contribution is -2.05. The molecule has 0 aliphatic heterocycles. The van der Waals surface area contributed by atoms with Crippen LogP contribution in [-0.4, -0.2) is 32.4 Å². The highest BCUT2D eigenvalue weighted by Gasteiger charge is 2.16. The van der Waals surface area contributed by atoms with Crippen molar-refractivity contribution in [3.05, 3.63) is 23.8 Å². The molecule has 0 amide bonds. The number of ether oxygens (including phenoxy) is 4. The number of rotatable bonds is 12. The fourth-order valence-electron chi connectivity index (χ4n) is 2.08. The quantitative estimate of drug-likeness (QED) is 0.406. The molecule has 0 bridgehead atoms. The maximum atomic E-state index is 11.7. The lowest BCUT2D eigenvalue weighted by Gasteiger charge is -2.18. The molecule has 5 heteroatoms. The Morgan fingerprint density at radius 2 is 1.44 bits per heavy atom. The van der Waals surface area contributed by atoms with E-state index in [0.29, 0.717) is 49.2 Å². The third kappa shape index (κ3) is 7.08. The van der Waals surface area contributed by atoms with Crippen molar-refractivity contribution >= 4 is 12.0 Å². The Hall–Kier alpha value is -2.17. The van der Waals surface area contributed by atoms with Crippen molar-refractivity contribution in [3.63, 3.8) is 0 Å². The van der Waals surface area contributed by atoms with Crippen molar-refractivity contribution in [1.29, 1.82) is 0 Å². The van der Waals surface area contributed by atoms with Crippen LogP contribution in [0, 0.1) is 0 Å². The van der Waals surface area contributed by atoms with Crippen LogP contribution in [0.2, 0.25) is 0 Å². The van der Waals surface area contributed by atoms with E-state index in [1.165, 1.54) is 6.08 Å². The highest BCUT2D eigenvalue weighted by molar-refractivity contribution is 5.88. The minimum Gasteiger partial charge on any atom is -0.493 e. The normalized spacial score (nSPS) is 10.7. The van der Waals surface area contributed by atoms with Crippen LogP contribution in [0.3, 0.4) is 0 Å². The molecular weight excluding hydrogens is 320 g/mol. The van der Waals surface area contributed by atoms with Crippen LogP contribution in [0.1, 0.15) is 52.5 Å². The minimum atomic E-state index is -0.398. The molecule has 0 saturated carbocycles. The van der Waals surface area contributed by atoms with Crippen LogP contribution < -0.4 is 14.2 Å².